The Bertz CT molecular complexity index is 489. The van der Waals surface area contributed by atoms with E-state index in [1.165, 1.54) is 6.20 Å². The van der Waals surface area contributed by atoms with Gasteiger partial charge < -0.3 is 15.2 Å². The molecule has 0 saturated heterocycles. The standard InChI is InChI=1S/C13H14N2O3/c1-2-18-13(17)11(7-14)8-15-12-5-3-4-10(6-12)9-16/h3-6,8,15-16H,2,9H2,1H3/b11-8+. The molecule has 0 aromatic heterocycles. The number of esters is 1. The van der Waals surface area contributed by atoms with Gasteiger partial charge in [0.15, 0.2) is 5.57 Å². The molecule has 5 heteroatoms. The van der Waals surface area contributed by atoms with Gasteiger partial charge in [0.05, 0.1) is 13.2 Å². The summed E-state index contributed by atoms with van der Waals surface area (Å²) in [5.41, 5.74) is 1.31. The smallest absolute Gasteiger partial charge is 0.350 e. The number of nitrogens with one attached hydrogen (secondary N) is 1. The maximum absolute atomic E-state index is 11.3. The van der Waals surface area contributed by atoms with Crippen LogP contribution in [0.4, 0.5) is 5.69 Å². The van der Waals surface area contributed by atoms with Gasteiger partial charge in [0.25, 0.3) is 0 Å². The molecule has 0 aliphatic heterocycles. The first-order valence-electron chi connectivity index (χ1n) is 5.45. The Kier molecular flexibility index (Phi) is 5.42. The molecule has 0 atom stereocenters. The highest BCUT2D eigenvalue weighted by atomic mass is 16.5. The first kappa shape index (κ1) is 13.7. The summed E-state index contributed by atoms with van der Waals surface area (Å²) in [7, 11) is 0. The Labute approximate surface area is 105 Å². The fourth-order valence-electron chi connectivity index (χ4n) is 1.26. The average Bonchev–Trinajstić information content (AvgIpc) is 2.40. The number of carbonyl (C=O) groups is 1. The molecular weight excluding hydrogens is 232 g/mol. The predicted octanol–water partition coefficient (Wildman–Crippen LogP) is 1.56. The maximum Gasteiger partial charge on any atom is 0.350 e. The number of nitriles is 1. The van der Waals surface area contributed by atoms with Crippen LogP contribution in [0.3, 0.4) is 0 Å². The zero-order valence-electron chi connectivity index (χ0n) is 10.0. The Morgan fingerprint density at radius 1 is 1.61 bits per heavy atom. The minimum Gasteiger partial charge on any atom is -0.462 e. The molecule has 1 aromatic carbocycles. The third-order valence-electron chi connectivity index (χ3n) is 2.11. The highest BCUT2D eigenvalue weighted by Crippen LogP contribution is 2.11. The molecule has 0 heterocycles. The molecule has 1 rings (SSSR count). The summed E-state index contributed by atoms with van der Waals surface area (Å²) in [6.07, 6.45) is 1.29. The van der Waals surface area contributed by atoms with E-state index in [-0.39, 0.29) is 18.8 Å². The van der Waals surface area contributed by atoms with Crippen LogP contribution in [0, 0.1) is 11.3 Å². The van der Waals surface area contributed by atoms with Crippen molar-refractivity contribution in [1.82, 2.24) is 0 Å². The minimum absolute atomic E-state index is 0.0672. The molecule has 0 fully saturated rings. The summed E-state index contributed by atoms with van der Waals surface area (Å²) in [6, 6.07) is 8.77. The molecule has 0 bridgehead atoms. The molecule has 0 radical (unpaired) electrons. The summed E-state index contributed by atoms with van der Waals surface area (Å²) in [6.45, 7) is 1.82. The first-order valence-corrected chi connectivity index (χ1v) is 5.45. The maximum atomic E-state index is 11.3. The minimum atomic E-state index is -0.661. The molecule has 0 aliphatic rings. The van der Waals surface area contributed by atoms with E-state index >= 15 is 0 Å². The van der Waals surface area contributed by atoms with E-state index in [0.29, 0.717) is 5.69 Å². The number of aliphatic hydroxyl groups excluding tert-OH is 1. The summed E-state index contributed by atoms with van der Waals surface area (Å²) in [5.74, 6) is -0.661. The third kappa shape index (κ3) is 3.92. The number of nitrogens with zero attached hydrogens (tertiary/aromatic N) is 1. The molecule has 1 aromatic rings. The molecule has 0 spiro atoms. The van der Waals surface area contributed by atoms with E-state index in [9.17, 15) is 4.79 Å². The third-order valence-corrected chi connectivity index (χ3v) is 2.11. The zero-order valence-corrected chi connectivity index (χ0v) is 10.0. The Hall–Kier alpha value is -2.32. The molecule has 0 amide bonds. The van der Waals surface area contributed by atoms with E-state index in [0.717, 1.165) is 5.56 Å². The lowest BCUT2D eigenvalue weighted by Crippen LogP contribution is -2.07. The van der Waals surface area contributed by atoms with Crippen molar-refractivity contribution in [3.05, 3.63) is 41.6 Å². The van der Waals surface area contributed by atoms with Crippen molar-refractivity contribution < 1.29 is 14.6 Å². The number of hydrogen-bond donors (Lipinski definition) is 2. The van der Waals surface area contributed by atoms with E-state index in [4.69, 9.17) is 15.1 Å². The quantitative estimate of drug-likeness (QED) is 0.468. The lowest BCUT2D eigenvalue weighted by Gasteiger charge is -2.04. The van der Waals surface area contributed by atoms with Crippen LogP contribution in [-0.2, 0) is 16.1 Å². The van der Waals surface area contributed by atoms with Crippen molar-refractivity contribution in [3.63, 3.8) is 0 Å². The normalized spacial score (nSPS) is 10.6. The summed E-state index contributed by atoms with van der Waals surface area (Å²) in [4.78, 5) is 11.3. The number of ether oxygens (including phenoxy) is 1. The average molecular weight is 246 g/mol. The first-order chi connectivity index (χ1) is 8.71. The van der Waals surface area contributed by atoms with Crippen molar-refractivity contribution >= 4 is 11.7 Å². The van der Waals surface area contributed by atoms with Crippen LogP contribution in [0.1, 0.15) is 12.5 Å². The second-order valence-electron chi connectivity index (χ2n) is 3.39. The number of benzene rings is 1. The summed E-state index contributed by atoms with van der Waals surface area (Å²) >= 11 is 0. The van der Waals surface area contributed by atoms with Crippen molar-refractivity contribution in [2.24, 2.45) is 0 Å². The van der Waals surface area contributed by atoms with Crippen LogP contribution in [0.15, 0.2) is 36.0 Å². The zero-order chi connectivity index (χ0) is 13.4. The fraction of sp³-hybridized carbons (Fsp3) is 0.231. The van der Waals surface area contributed by atoms with Gasteiger partial charge >= 0.3 is 5.97 Å². The highest BCUT2D eigenvalue weighted by Gasteiger charge is 2.08. The van der Waals surface area contributed by atoms with Gasteiger partial charge in [-0.05, 0) is 24.6 Å². The number of hydrogen-bond acceptors (Lipinski definition) is 5. The van der Waals surface area contributed by atoms with Gasteiger partial charge in [-0.25, -0.2) is 4.79 Å². The number of aliphatic hydroxyl groups is 1. The Morgan fingerprint density at radius 3 is 3.00 bits per heavy atom. The van der Waals surface area contributed by atoms with Crippen molar-refractivity contribution in [1.29, 1.82) is 5.26 Å². The predicted molar refractivity (Wildman–Crippen MR) is 66.3 cm³/mol. The summed E-state index contributed by atoms with van der Waals surface area (Å²) in [5, 5.41) is 20.6. The van der Waals surface area contributed by atoms with Crippen molar-refractivity contribution in [2.45, 2.75) is 13.5 Å². The molecular formula is C13H14N2O3. The van der Waals surface area contributed by atoms with Crippen LogP contribution in [-0.4, -0.2) is 17.7 Å². The lowest BCUT2D eigenvalue weighted by molar-refractivity contribution is -0.138. The number of carbonyl (C=O) groups excluding carboxylic acids is 1. The molecule has 94 valence electrons. The lowest BCUT2D eigenvalue weighted by atomic mass is 10.2. The van der Waals surface area contributed by atoms with E-state index in [2.05, 4.69) is 5.32 Å². The van der Waals surface area contributed by atoms with E-state index in [1.54, 1.807) is 37.3 Å². The largest absolute Gasteiger partial charge is 0.462 e. The molecule has 5 nitrogen and oxygen atoms in total. The number of anilines is 1. The Balaban J connectivity index is 2.77. The van der Waals surface area contributed by atoms with Gasteiger partial charge in [0, 0.05) is 11.9 Å². The van der Waals surface area contributed by atoms with Crippen LogP contribution >= 0.6 is 0 Å². The van der Waals surface area contributed by atoms with E-state index < -0.39 is 5.97 Å². The second kappa shape index (κ2) is 7.09. The molecule has 0 saturated carbocycles. The van der Waals surface area contributed by atoms with Crippen LogP contribution in [0.2, 0.25) is 0 Å². The topological polar surface area (TPSA) is 82.4 Å². The monoisotopic (exact) mass is 246 g/mol. The van der Waals surface area contributed by atoms with Gasteiger partial charge in [0.1, 0.15) is 6.07 Å². The van der Waals surface area contributed by atoms with Gasteiger partial charge in [-0.3, -0.25) is 0 Å². The van der Waals surface area contributed by atoms with E-state index in [1.807, 2.05) is 0 Å². The van der Waals surface area contributed by atoms with Crippen molar-refractivity contribution in [3.8, 4) is 6.07 Å². The SMILES string of the molecule is CCOC(=O)/C(C#N)=C/Nc1cccc(CO)c1. The van der Waals surface area contributed by atoms with Crippen LogP contribution in [0.25, 0.3) is 0 Å². The highest BCUT2D eigenvalue weighted by molar-refractivity contribution is 5.93. The molecule has 2 N–H and O–H groups in total. The molecule has 18 heavy (non-hydrogen) atoms. The van der Waals surface area contributed by atoms with Crippen LogP contribution in [0.5, 0.6) is 0 Å². The van der Waals surface area contributed by atoms with Gasteiger partial charge in [-0.1, -0.05) is 12.1 Å². The van der Waals surface area contributed by atoms with Gasteiger partial charge in [-0.15, -0.1) is 0 Å². The van der Waals surface area contributed by atoms with Gasteiger partial charge in [-0.2, -0.15) is 5.26 Å². The second-order valence-corrected chi connectivity index (χ2v) is 3.39. The van der Waals surface area contributed by atoms with Crippen LogP contribution < -0.4 is 5.32 Å². The van der Waals surface area contributed by atoms with Crippen molar-refractivity contribution in [2.75, 3.05) is 11.9 Å². The Morgan fingerprint density at radius 2 is 2.39 bits per heavy atom. The molecule has 0 unspecified atom stereocenters. The van der Waals surface area contributed by atoms with Gasteiger partial charge in [0.2, 0.25) is 0 Å². The fourth-order valence-corrected chi connectivity index (χ4v) is 1.26. The number of rotatable bonds is 5. The summed E-state index contributed by atoms with van der Waals surface area (Å²) < 4.78 is 4.72. The molecule has 0 aliphatic carbocycles.